The molecule has 0 atom stereocenters. The highest BCUT2D eigenvalue weighted by molar-refractivity contribution is 5.80. The molecule has 1 N–H and O–H groups in total. The van der Waals surface area contributed by atoms with Crippen LogP contribution in [0.5, 0.6) is 0 Å². The topological polar surface area (TPSA) is 54.4 Å². The molecule has 3 heteroatoms. The first-order valence-electron chi connectivity index (χ1n) is 6.40. The van der Waals surface area contributed by atoms with Gasteiger partial charge in [0.15, 0.2) is 0 Å². The molecule has 0 aromatic carbocycles. The molecule has 0 bridgehead atoms. The Balaban J connectivity index is 3.87. The van der Waals surface area contributed by atoms with Crippen molar-refractivity contribution in [2.24, 2.45) is 0 Å². The van der Waals surface area contributed by atoms with Gasteiger partial charge in [0.05, 0.1) is 0 Å². The van der Waals surface area contributed by atoms with E-state index in [-0.39, 0.29) is 0 Å². The Hall–Kier alpha value is -2.52. The summed E-state index contributed by atoms with van der Waals surface area (Å²) in [5.41, 5.74) is 0. The lowest BCUT2D eigenvalue weighted by atomic mass is 10.1. The van der Waals surface area contributed by atoms with Crippen molar-refractivity contribution in [1.29, 1.82) is 0 Å². The van der Waals surface area contributed by atoms with Crippen LogP contribution < -0.4 is 0 Å². The SMILES string of the molecule is CCCC(=O)CC/C=C/C=C/C#CC#C/C=C/C(=O)O. The summed E-state index contributed by atoms with van der Waals surface area (Å²) in [4.78, 5) is 21.3. The zero-order chi connectivity index (χ0) is 15.1. The minimum absolute atomic E-state index is 0.297. The molecule has 104 valence electrons. The zero-order valence-electron chi connectivity index (χ0n) is 11.6. The number of Topliss-reactive ketones (excluding diaryl/α,β-unsaturated/α-hetero) is 1. The Bertz CT molecular complexity index is 514. The quantitative estimate of drug-likeness (QED) is 0.439. The number of hydrogen-bond donors (Lipinski definition) is 1. The summed E-state index contributed by atoms with van der Waals surface area (Å²) in [6.07, 6.45) is 12.2. The van der Waals surface area contributed by atoms with E-state index in [0.29, 0.717) is 18.6 Å². The monoisotopic (exact) mass is 270 g/mol. The van der Waals surface area contributed by atoms with Crippen molar-refractivity contribution in [1.82, 2.24) is 0 Å². The van der Waals surface area contributed by atoms with Gasteiger partial charge in [-0.2, -0.15) is 0 Å². The minimum atomic E-state index is -1.03. The van der Waals surface area contributed by atoms with E-state index in [1.54, 1.807) is 12.2 Å². The van der Waals surface area contributed by atoms with E-state index < -0.39 is 5.97 Å². The molecule has 0 radical (unpaired) electrons. The van der Waals surface area contributed by atoms with Gasteiger partial charge in [0.1, 0.15) is 5.78 Å². The molecule has 0 spiro atoms. The molecule has 0 aromatic heterocycles. The summed E-state index contributed by atoms with van der Waals surface area (Å²) in [7, 11) is 0. The molecule has 0 heterocycles. The average Bonchev–Trinajstić information content (AvgIpc) is 2.40. The van der Waals surface area contributed by atoms with E-state index >= 15 is 0 Å². The number of carbonyl (C=O) groups excluding carboxylic acids is 1. The van der Waals surface area contributed by atoms with Crippen LogP contribution in [-0.4, -0.2) is 16.9 Å². The second-order valence-corrected chi connectivity index (χ2v) is 3.82. The van der Waals surface area contributed by atoms with Crippen LogP contribution in [0.2, 0.25) is 0 Å². The molecule has 0 rings (SSSR count). The van der Waals surface area contributed by atoms with Crippen LogP contribution in [0.1, 0.15) is 32.6 Å². The van der Waals surface area contributed by atoms with Crippen molar-refractivity contribution < 1.29 is 14.7 Å². The van der Waals surface area contributed by atoms with Gasteiger partial charge in [-0.05, 0) is 36.8 Å². The summed E-state index contributed by atoms with van der Waals surface area (Å²) < 4.78 is 0. The van der Waals surface area contributed by atoms with E-state index in [1.807, 2.05) is 19.1 Å². The van der Waals surface area contributed by atoms with E-state index in [9.17, 15) is 9.59 Å². The second-order valence-electron chi connectivity index (χ2n) is 3.82. The van der Waals surface area contributed by atoms with Gasteiger partial charge >= 0.3 is 5.97 Å². The van der Waals surface area contributed by atoms with Gasteiger partial charge < -0.3 is 5.11 Å². The van der Waals surface area contributed by atoms with E-state index in [4.69, 9.17) is 5.11 Å². The van der Waals surface area contributed by atoms with Crippen LogP contribution in [0.3, 0.4) is 0 Å². The molecule has 0 fully saturated rings. The lowest BCUT2D eigenvalue weighted by molar-refractivity contribution is -0.131. The van der Waals surface area contributed by atoms with Gasteiger partial charge in [0.25, 0.3) is 0 Å². The number of rotatable bonds is 7. The summed E-state index contributed by atoms with van der Waals surface area (Å²) in [5, 5.41) is 8.29. The largest absolute Gasteiger partial charge is 0.478 e. The van der Waals surface area contributed by atoms with Crippen LogP contribution >= 0.6 is 0 Å². The van der Waals surface area contributed by atoms with E-state index in [2.05, 4.69) is 23.7 Å². The number of carboxylic acid groups (broad SMARTS) is 1. The normalized spacial score (nSPS) is 10.2. The highest BCUT2D eigenvalue weighted by Crippen LogP contribution is 1.98. The van der Waals surface area contributed by atoms with Gasteiger partial charge in [-0.3, -0.25) is 4.79 Å². The van der Waals surface area contributed by atoms with Crippen LogP contribution in [0.15, 0.2) is 36.5 Å². The molecule has 0 unspecified atom stereocenters. The lowest BCUT2D eigenvalue weighted by Crippen LogP contribution is -1.94. The first-order chi connectivity index (χ1) is 9.66. The molecule has 0 amide bonds. The van der Waals surface area contributed by atoms with Crippen molar-refractivity contribution in [3.8, 4) is 23.7 Å². The fourth-order valence-corrected chi connectivity index (χ4v) is 1.20. The van der Waals surface area contributed by atoms with Gasteiger partial charge in [0, 0.05) is 18.9 Å². The summed E-state index contributed by atoms with van der Waals surface area (Å²) in [5.74, 6) is 9.48. The van der Waals surface area contributed by atoms with Crippen molar-refractivity contribution >= 4 is 11.8 Å². The first-order valence-corrected chi connectivity index (χ1v) is 6.40. The number of carboxylic acids is 1. The maximum absolute atomic E-state index is 11.2. The number of hydrogen-bond acceptors (Lipinski definition) is 2. The molecule has 0 aliphatic rings. The Morgan fingerprint density at radius 3 is 2.40 bits per heavy atom. The molecule has 0 saturated carbocycles. The number of allylic oxidation sites excluding steroid dienone is 5. The molecular weight excluding hydrogens is 252 g/mol. The molecule has 0 aliphatic heterocycles. The Labute approximate surface area is 120 Å². The zero-order valence-corrected chi connectivity index (χ0v) is 11.6. The molecule has 0 saturated heterocycles. The number of carbonyl (C=O) groups is 2. The average molecular weight is 270 g/mol. The van der Waals surface area contributed by atoms with Crippen molar-refractivity contribution in [2.75, 3.05) is 0 Å². The molecule has 20 heavy (non-hydrogen) atoms. The van der Waals surface area contributed by atoms with E-state index in [1.165, 1.54) is 6.08 Å². The minimum Gasteiger partial charge on any atom is -0.478 e. The van der Waals surface area contributed by atoms with Gasteiger partial charge in [-0.1, -0.05) is 37.0 Å². The third-order valence-electron chi connectivity index (χ3n) is 2.06. The van der Waals surface area contributed by atoms with E-state index in [0.717, 1.165) is 18.9 Å². The van der Waals surface area contributed by atoms with Crippen molar-refractivity contribution in [3.05, 3.63) is 36.5 Å². The van der Waals surface area contributed by atoms with Gasteiger partial charge in [0.2, 0.25) is 0 Å². The molecular formula is C17H18O3. The van der Waals surface area contributed by atoms with Crippen molar-refractivity contribution in [3.63, 3.8) is 0 Å². The fourth-order valence-electron chi connectivity index (χ4n) is 1.20. The number of aliphatic carboxylic acids is 1. The van der Waals surface area contributed by atoms with Gasteiger partial charge in [-0.25, -0.2) is 4.79 Å². The third kappa shape index (κ3) is 13.5. The van der Waals surface area contributed by atoms with Crippen LogP contribution in [-0.2, 0) is 9.59 Å². The Kier molecular flexibility index (Phi) is 11.3. The molecule has 0 aromatic rings. The number of ketones is 1. The maximum Gasteiger partial charge on any atom is 0.328 e. The van der Waals surface area contributed by atoms with Crippen LogP contribution in [0, 0.1) is 23.7 Å². The predicted molar refractivity (Wildman–Crippen MR) is 79.8 cm³/mol. The van der Waals surface area contributed by atoms with Crippen molar-refractivity contribution in [2.45, 2.75) is 32.6 Å². The molecule has 0 aliphatic carbocycles. The van der Waals surface area contributed by atoms with Crippen LogP contribution in [0.25, 0.3) is 0 Å². The summed E-state index contributed by atoms with van der Waals surface area (Å²) >= 11 is 0. The lowest BCUT2D eigenvalue weighted by Gasteiger charge is -1.93. The predicted octanol–water partition coefficient (Wildman–Crippen LogP) is 2.90. The second kappa shape index (κ2) is 12.9. The highest BCUT2D eigenvalue weighted by Gasteiger charge is 1.96. The third-order valence-corrected chi connectivity index (χ3v) is 2.06. The first kappa shape index (κ1) is 17.5. The van der Waals surface area contributed by atoms with Gasteiger partial charge in [-0.15, -0.1) is 0 Å². The fraction of sp³-hybridized carbons (Fsp3) is 0.294. The van der Waals surface area contributed by atoms with Crippen LogP contribution in [0.4, 0.5) is 0 Å². The highest BCUT2D eigenvalue weighted by atomic mass is 16.4. The summed E-state index contributed by atoms with van der Waals surface area (Å²) in [6.45, 7) is 2.00. The maximum atomic E-state index is 11.2. The summed E-state index contributed by atoms with van der Waals surface area (Å²) in [6, 6.07) is 0. The Morgan fingerprint density at radius 1 is 1.05 bits per heavy atom. The Morgan fingerprint density at radius 2 is 1.75 bits per heavy atom. The standard InChI is InChI=1S/C17H18O3/c1-2-13-16(18)14-11-9-7-5-3-4-6-8-10-12-15-17(19)20/h3,5,7,9,12,15H,2,11,13-14H2,1H3,(H,19,20)/b5-3+,9-7+,15-12+. The smallest absolute Gasteiger partial charge is 0.328 e. The molecule has 3 nitrogen and oxygen atoms in total.